The Bertz CT molecular complexity index is 1100. The van der Waals surface area contributed by atoms with E-state index in [0.29, 0.717) is 5.02 Å². The maximum absolute atomic E-state index is 12.8. The highest BCUT2D eigenvalue weighted by molar-refractivity contribution is 6.30. The highest BCUT2D eigenvalue weighted by Crippen LogP contribution is 2.32. The van der Waals surface area contributed by atoms with E-state index < -0.39 is 0 Å². The molecule has 4 rings (SSSR count). The lowest BCUT2D eigenvalue weighted by Gasteiger charge is -2.33. The smallest absolute Gasteiger partial charge is 0.225 e. The van der Waals surface area contributed by atoms with Crippen molar-refractivity contribution in [2.75, 3.05) is 31.6 Å². The SMILES string of the molecule is CCCCN(C)C(=O)C1CCN(c2nnc(C)c3c(C)n(-c4ccc(Cl)cc4)nc23)CC1. The van der Waals surface area contributed by atoms with Crippen LogP contribution in [0.4, 0.5) is 5.82 Å². The van der Waals surface area contributed by atoms with Gasteiger partial charge in [0.15, 0.2) is 5.82 Å². The first kappa shape index (κ1) is 22.5. The van der Waals surface area contributed by atoms with E-state index in [1.54, 1.807) is 0 Å². The Labute approximate surface area is 194 Å². The number of rotatable bonds is 6. The molecule has 0 bridgehead atoms. The third-order valence-electron chi connectivity index (χ3n) is 6.42. The molecule has 1 fully saturated rings. The molecule has 0 radical (unpaired) electrons. The van der Waals surface area contributed by atoms with Crippen LogP contribution in [0, 0.1) is 19.8 Å². The van der Waals surface area contributed by atoms with Crippen molar-refractivity contribution in [1.29, 1.82) is 0 Å². The highest BCUT2D eigenvalue weighted by Gasteiger charge is 2.29. The van der Waals surface area contributed by atoms with Gasteiger partial charge in [-0.1, -0.05) is 24.9 Å². The van der Waals surface area contributed by atoms with E-state index in [1.165, 1.54) is 0 Å². The molecule has 0 spiro atoms. The highest BCUT2D eigenvalue weighted by atomic mass is 35.5. The molecule has 3 heterocycles. The summed E-state index contributed by atoms with van der Waals surface area (Å²) >= 11 is 6.06. The molecular weight excluding hydrogens is 424 g/mol. The molecule has 170 valence electrons. The summed E-state index contributed by atoms with van der Waals surface area (Å²) in [5.74, 6) is 1.14. The van der Waals surface area contributed by atoms with Crippen LogP contribution in [0.2, 0.25) is 5.02 Å². The van der Waals surface area contributed by atoms with Crippen LogP contribution < -0.4 is 4.90 Å². The van der Waals surface area contributed by atoms with Crippen molar-refractivity contribution in [2.24, 2.45) is 5.92 Å². The molecule has 1 aromatic carbocycles. The number of aryl methyl sites for hydroxylation is 2. The molecule has 8 heteroatoms. The molecule has 2 aromatic heterocycles. The summed E-state index contributed by atoms with van der Waals surface area (Å²) in [4.78, 5) is 16.9. The lowest BCUT2D eigenvalue weighted by molar-refractivity contribution is -0.134. The molecule has 1 saturated heterocycles. The molecule has 1 amide bonds. The summed E-state index contributed by atoms with van der Waals surface area (Å²) in [6.45, 7) is 8.56. The fraction of sp³-hybridized carbons (Fsp3) is 0.500. The van der Waals surface area contributed by atoms with Gasteiger partial charge in [0.2, 0.25) is 5.91 Å². The number of piperidine rings is 1. The van der Waals surface area contributed by atoms with Crippen LogP contribution in [0.5, 0.6) is 0 Å². The Hall–Kier alpha value is -2.67. The number of benzene rings is 1. The van der Waals surface area contributed by atoms with E-state index in [1.807, 2.05) is 47.8 Å². The minimum absolute atomic E-state index is 0.0790. The molecular formula is C24H31ClN6O. The van der Waals surface area contributed by atoms with E-state index >= 15 is 0 Å². The van der Waals surface area contributed by atoms with Crippen LogP contribution in [-0.4, -0.2) is 57.5 Å². The van der Waals surface area contributed by atoms with Crippen LogP contribution >= 0.6 is 11.6 Å². The first-order valence-electron chi connectivity index (χ1n) is 11.4. The zero-order valence-electron chi connectivity index (χ0n) is 19.3. The van der Waals surface area contributed by atoms with Gasteiger partial charge in [-0.15, -0.1) is 5.10 Å². The fourth-order valence-electron chi connectivity index (χ4n) is 4.51. The Morgan fingerprint density at radius 2 is 1.84 bits per heavy atom. The minimum Gasteiger partial charge on any atom is -0.353 e. The average molecular weight is 455 g/mol. The summed E-state index contributed by atoms with van der Waals surface area (Å²) in [7, 11) is 1.92. The molecule has 3 aromatic rings. The van der Waals surface area contributed by atoms with Gasteiger partial charge in [0, 0.05) is 37.6 Å². The number of amides is 1. The Kier molecular flexibility index (Phi) is 6.65. The largest absolute Gasteiger partial charge is 0.353 e. The Morgan fingerprint density at radius 3 is 2.50 bits per heavy atom. The van der Waals surface area contributed by atoms with Crippen molar-refractivity contribution >= 4 is 34.2 Å². The van der Waals surface area contributed by atoms with Crippen LogP contribution in [-0.2, 0) is 4.79 Å². The average Bonchev–Trinajstić information content (AvgIpc) is 3.16. The van der Waals surface area contributed by atoms with Crippen molar-refractivity contribution in [3.8, 4) is 5.69 Å². The molecule has 0 atom stereocenters. The van der Waals surface area contributed by atoms with Crippen LogP contribution in [0.25, 0.3) is 16.6 Å². The van der Waals surface area contributed by atoms with E-state index in [9.17, 15) is 4.79 Å². The summed E-state index contributed by atoms with van der Waals surface area (Å²) in [5.41, 5.74) is 3.70. The maximum atomic E-state index is 12.8. The molecule has 7 nitrogen and oxygen atoms in total. The standard InChI is InChI=1S/C24H31ClN6O/c1-5-6-13-29(4)24(32)18-11-14-30(15-12-18)23-22-21(16(2)26-27-23)17(3)31(28-22)20-9-7-19(25)8-10-20/h7-10,18H,5-6,11-15H2,1-4H3. The second kappa shape index (κ2) is 9.45. The molecule has 32 heavy (non-hydrogen) atoms. The molecule has 0 N–H and O–H groups in total. The Balaban J connectivity index is 1.58. The predicted molar refractivity (Wildman–Crippen MR) is 129 cm³/mol. The van der Waals surface area contributed by atoms with E-state index in [0.717, 1.165) is 79.1 Å². The number of hydrogen-bond donors (Lipinski definition) is 0. The Morgan fingerprint density at radius 1 is 1.16 bits per heavy atom. The van der Waals surface area contributed by atoms with Gasteiger partial charge in [-0.05, 0) is 57.4 Å². The second-order valence-corrected chi connectivity index (χ2v) is 9.12. The molecule has 1 aliphatic heterocycles. The van der Waals surface area contributed by atoms with Gasteiger partial charge in [-0.25, -0.2) is 4.68 Å². The van der Waals surface area contributed by atoms with Gasteiger partial charge in [-0.2, -0.15) is 10.2 Å². The lowest BCUT2D eigenvalue weighted by Crippen LogP contribution is -2.42. The number of carbonyl (C=O) groups excluding carboxylic acids is 1. The minimum atomic E-state index is 0.0790. The van der Waals surface area contributed by atoms with Crippen LogP contribution in [0.15, 0.2) is 24.3 Å². The number of carbonyl (C=O) groups is 1. The van der Waals surface area contributed by atoms with Gasteiger partial charge in [0.1, 0.15) is 5.52 Å². The topological polar surface area (TPSA) is 67.2 Å². The zero-order chi connectivity index (χ0) is 22.8. The number of hydrogen-bond acceptors (Lipinski definition) is 5. The van der Waals surface area contributed by atoms with Crippen LogP contribution in [0.1, 0.15) is 44.0 Å². The van der Waals surface area contributed by atoms with E-state index in [4.69, 9.17) is 16.7 Å². The number of fused-ring (bicyclic) bond motifs is 1. The maximum Gasteiger partial charge on any atom is 0.225 e. The van der Waals surface area contributed by atoms with E-state index in [2.05, 4.69) is 28.9 Å². The van der Waals surface area contributed by atoms with Gasteiger partial charge in [0.25, 0.3) is 0 Å². The van der Waals surface area contributed by atoms with Crippen molar-refractivity contribution in [1.82, 2.24) is 24.9 Å². The summed E-state index contributed by atoms with van der Waals surface area (Å²) < 4.78 is 1.93. The molecule has 1 aliphatic rings. The van der Waals surface area contributed by atoms with Crippen molar-refractivity contribution in [3.05, 3.63) is 40.7 Å². The summed E-state index contributed by atoms with van der Waals surface area (Å²) in [6.07, 6.45) is 3.79. The second-order valence-electron chi connectivity index (χ2n) is 8.68. The predicted octanol–water partition coefficient (Wildman–Crippen LogP) is 4.56. The fourth-order valence-corrected chi connectivity index (χ4v) is 4.64. The summed E-state index contributed by atoms with van der Waals surface area (Å²) in [6, 6.07) is 7.66. The zero-order valence-corrected chi connectivity index (χ0v) is 20.1. The third kappa shape index (κ3) is 4.31. The number of aromatic nitrogens is 4. The van der Waals surface area contributed by atoms with Crippen LogP contribution in [0.3, 0.4) is 0 Å². The first-order chi connectivity index (χ1) is 15.4. The monoisotopic (exact) mass is 454 g/mol. The molecule has 0 aliphatic carbocycles. The van der Waals surface area contributed by atoms with Gasteiger partial charge < -0.3 is 9.80 Å². The van der Waals surface area contributed by atoms with Crippen molar-refractivity contribution in [2.45, 2.75) is 46.5 Å². The van der Waals surface area contributed by atoms with E-state index in [-0.39, 0.29) is 11.8 Å². The van der Waals surface area contributed by atoms with Crippen molar-refractivity contribution in [3.63, 3.8) is 0 Å². The number of nitrogens with zero attached hydrogens (tertiary/aromatic N) is 6. The number of halogens is 1. The molecule has 0 saturated carbocycles. The van der Waals surface area contributed by atoms with Gasteiger partial charge in [0.05, 0.1) is 22.5 Å². The first-order valence-corrected chi connectivity index (χ1v) is 11.8. The number of anilines is 1. The number of unbranched alkanes of at least 4 members (excludes halogenated alkanes) is 1. The lowest BCUT2D eigenvalue weighted by atomic mass is 9.95. The van der Waals surface area contributed by atoms with Gasteiger partial charge >= 0.3 is 0 Å². The quantitative estimate of drug-likeness (QED) is 0.546. The van der Waals surface area contributed by atoms with Gasteiger partial charge in [-0.3, -0.25) is 4.79 Å². The van der Waals surface area contributed by atoms with Crippen molar-refractivity contribution < 1.29 is 4.79 Å². The normalized spacial score (nSPS) is 14.8. The third-order valence-corrected chi connectivity index (χ3v) is 6.67. The molecule has 0 unspecified atom stereocenters. The summed E-state index contributed by atoms with van der Waals surface area (Å²) in [5, 5.41) is 15.6.